The number of likely N-dealkylation sites (tertiary alicyclic amines) is 1. The molecule has 1 aliphatic heterocycles. The first-order valence-corrected chi connectivity index (χ1v) is 12.0. The highest BCUT2D eigenvalue weighted by Crippen LogP contribution is 2.29. The first kappa shape index (κ1) is 24.9. The van der Waals surface area contributed by atoms with Gasteiger partial charge >= 0.3 is 6.09 Å². The molecule has 0 radical (unpaired) electrons. The maximum Gasteiger partial charge on any atom is 0.408 e. The van der Waals surface area contributed by atoms with Gasteiger partial charge in [-0.2, -0.15) is 5.26 Å². The fraction of sp³-hybridized carbons (Fsp3) is 0.370. The third-order valence-electron chi connectivity index (χ3n) is 5.95. The summed E-state index contributed by atoms with van der Waals surface area (Å²) in [7, 11) is 0. The Kier molecular flexibility index (Phi) is 7.06. The second kappa shape index (κ2) is 10.2. The number of aromatic nitrogens is 1. The molecular weight excluding hydrogens is 458 g/mol. The van der Waals surface area contributed by atoms with E-state index in [4.69, 9.17) is 15.2 Å². The van der Waals surface area contributed by atoms with Gasteiger partial charge in [0, 0.05) is 35.8 Å². The summed E-state index contributed by atoms with van der Waals surface area (Å²) in [5.74, 6) is 0.977. The fourth-order valence-corrected chi connectivity index (χ4v) is 4.30. The number of aromatic amines is 1. The third-order valence-corrected chi connectivity index (χ3v) is 5.95. The summed E-state index contributed by atoms with van der Waals surface area (Å²) in [6.07, 6.45) is 2.74. The van der Waals surface area contributed by atoms with Gasteiger partial charge in [0.25, 0.3) is 0 Å². The van der Waals surface area contributed by atoms with Gasteiger partial charge in [-0.15, -0.1) is 0 Å². The second-order valence-electron chi connectivity index (χ2n) is 9.91. The molecule has 0 aliphatic carbocycles. The quantitative estimate of drug-likeness (QED) is 0.437. The summed E-state index contributed by atoms with van der Waals surface area (Å²) < 4.78 is 11.4. The summed E-state index contributed by atoms with van der Waals surface area (Å²) in [4.78, 5) is 30.8. The van der Waals surface area contributed by atoms with E-state index in [0.29, 0.717) is 30.2 Å². The lowest BCUT2D eigenvalue weighted by atomic mass is 10.0. The number of nitrogens with zero attached hydrogens (tertiary/aromatic N) is 2. The van der Waals surface area contributed by atoms with Crippen LogP contribution in [0.25, 0.3) is 10.9 Å². The average Bonchev–Trinajstić information content (AvgIpc) is 3.45. The largest absolute Gasteiger partial charge is 0.457 e. The van der Waals surface area contributed by atoms with E-state index in [0.717, 1.165) is 22.9 Å². The first-order chi connectivity index (χ1) is 17.1. The minimum absolute atomic E-state index is 0.220. The van der Waals surface area contributed by atoms with E-state index < -0.39 is 23.8 Å². The van der Waals surface area contributed by atoms with Crippen LogP contribution in [0.5, 0.6) is 11.5 Å². The number of benzene rings is 2. The molecule has 3 aromatic rings. The molecular formula is C27H31N5O4. The van der Waals surface area contributed by atoms with Crippen LogP contribution < -0.4 is 15.8 Å². The van der Waals surface area contributed by atoms with Gasteiger partial charge in [0.1, 0.15) is 29.2 Å². The number of H-pyrrole nitrogens is 1. The van der Waals surface area contributed by atoms with Crippen molar-refractivity contribution in [3.05, 3.63) is 54.2 Å². The number of carbonyl (C=O) groups excluding carboxylic acids is 2. The zero-order chi connectivity index (χ0) is 25.9. The molecule has 2 unspecified atom stereocenters. The minimum atomic E-state index is -0.894. The number of hydrogen-bond acceptors (Lipinski definition) is 6. The van der Waals surface area contributed by atoms with Crippen molar-refractivity contribution in [2.45, 2.75) is 57.7 Å². The van der Waals surface area contributed by atoms with Crippen molar-refractivity contribution >= 4 is 28.6 Å². The molecule has 36 heavy (non-hydrogen) atoms. The monoisotopic (exact) mass is 489 g/mol. The van der Waals surface area contributed by atoms with Crippen LogP contribution in [0, 0.1) is 11.3 Å². The molecule has 4 rings (SSSR count). The molecule has 1 aliphatic rings. The van der Waals surface area contributed by atoms with Gasteiger partial charge in [0.2, 0.25) is 5.91 Å². The fourth-order valence-electron chi connectivity index (χ4n) is 4.30. The van der Waals surface area contributed by atoms with Crippen LogP contribution in [0.15, 0.2) is 48.7 Å². The van der Waals surface area contributed by atoms with Crippen LogP contribution in [-0.4, -0.2) is 46.1 Å². The van der Waals surface area contributed by atoms with Crippen molar-refractivity contribution < 1.29 is 19.1 Å². The number of ether oxygens (including phenoxy) is 2. The van der Waals surface area contributed by atoms with Gasteiger partial charge in [-0.25, -0.2) is 4.79 Å². The van der Waals surface area contributed by atoms with Crippen molar-refractivity contribution in [2.75, 3.05) is 12.3 Å². The molecule has 4 N–H and O–H groups in total. The van der Waals surface area contributed by atoms with Crippen LogP contribution in [0.4, 0.5) is 10.5 Å². The Labute approximate surface area is 210 Å². The lowest BCUT2D eigenvalue weighted by Crippen LogP contribution is -2.51. The number of fused-ring (bicyclic) bond motifs is 1. The number of rotatable bonds is 6. The number of hydrogen-bond donors (Lipinski definition) is 3. The van der Waals surface area contributed by atoms with E-state index in [-0.39, 0.29) is 12.3 Å². The SMILES string of the molecule is CC(C)(C)OC(=O)NC(Cc1c[nH]c2ccc(Oc3ccc(N)cc3)cc12)C(=O)N1CCCC1C#N. The molecule has 2 aromatic carbocycles. The van der Waals surface area contributed by atoms with Crippen LogP contribution >= 0.6 is 0 Å². The molecule has 0 bridgehead atoms. The number of carbonyl (C=O) groups is 2. The summed E-state index contributed by atoms with van der Waals surface area (Å²) in [6, 6.07) is 13.6. The summed E-state index contributed by atoms with van der Waals surface area (Å²) >= 11 is 0. The van der Waals surface area contributed by atoms with Gasteiger partial charge in [-0.1, -0.05) is 0 Å². The highest BCUT2D eigenvalue weighted by Gasteiger charge is 2.35. The van der Waals surface area contributed by atoms with Gasteiger partial charge in [-0.05, 0) is 81.6 Å². The van der Waals surface area contributed by atoms with Gasteiger partial charge in [0.15, 0.2) is 0 Å². The van der Waals surface area contributed by atoms with E-state index in [1.807, 2.05) is 24.4 Å². The van der Waals surface area contributed by atoms with Crippen LogP contribution in [0.1, 0.15) is 39.2 Å². The molecule has 2 atom stereocenters. The Balaban J connectivity index is 1.60. The van der Waals surface area contributed by atoms with Crippen molar-refractivity contribution in [1.82, 2.24) is 15.2 Å². The van der Waals surface area contributed by atoms with Crippen molar-refractivity contribution in [3.8, 4) is 17.6 Å². The zero-order valence-corrected chi connectivity index (χ0v) is 20.7. The Morgan fingerprint density at radius 1 is 1.22 bits per heavy atom. The highest BCUT2D eigenvalue weighted by atomic mass is 16.6. The predicted molar refractivity (Wildman–Crippen MR) is 136 cm³/mol. The molecule has 0 spiro atoms. The second-order valence-corrected chi connectivity index (χ2v) is 9.91. The standard InChI is InChI=1S/C27H31N5O4/c1-27(2,3)36-26(34)31-24(25(33)32-12-4-5-19(32)15-28)13-17-16-30-23-11-10-21(14-22(17)23)35-20-8-6-18(29)7-9-20/h6-11,14,16,19,24,30H,4-5,12-13,29H2,1-3H3,(H,31,34). The molecule has 2 amide bonds. The normalized spacial score (nSPS) is 16.4. The number of nitriles is 1. The molecule has 9 nitrogen and oxygen atoms in total. The molecule has 9 heteroatoms. The van der Waals surface area contributed by atoms with Gasteiger partial charge < -0.3 is 30.4 Å². The van der Waals surface area contributed by atoms with E-state index >= 15 is 0 Å². The lowest BCUT2D eigenvalue weighted by Gasteiger charge is -2.27. The Morgan fingerprint density at radius 3 is 2.64 bits per heavy atom. The van der Waals surface area contributed by atoms with Crippen molar-refractivity contribution in [3.63, 3.8) is 0 Å². The van der Waals surface area contributed by atoms with Crippen molar-refractivity contribution in [2.24, 2.45) is 0 Å². The molecule has 0 saturated carbocycles. The van der Waals surface area contributed by atoms with Crippen molar-refractivity contribution in [1.29, 1.82) is 5.26 Å². The molecule has 2 heterocycles. The molecule has 188 valence electrons. The molecule has 1 aromatic heterocycles. The number of amides is 2. The first-order valence-electron chi connectivity index (χ1n) is 12.0. The minimum Gasteiger partial charge on any atom is -0.457 e. The van der Waals surface area contributed by atoms with E-state index in [1.165, 1.54) is 0 Å². The predicted octanol–water partition coefficient (Wildman–Crippen LogP) is 4.49. The Hall–Kier alpha value is -4.19. The molecule has 1 fully saturated rings. The lowest BCUT2D eigenvalue weighted by molar-refractivity contribution is -0.133. The van der Waals surface area contributed by atoms with E-state index in [1.54, 1.807) is 49.9 Å². The smallest absolute Gasteiger partial charge is 0.408 e. The topological polar surface area (TPSA) is 133 Å². The van der Waals surface area contributed by atoms with Gasteiger partial charge in [0.05, 0.1) is 6.07 Å². The third kappa shape index (κ3) is 5.89. The number of anilines is 1. The summed E-state index contributed by atoms with van der Waals surface area (Å²) in [6.45, 7) is 5.77. The van der Waals surface area contributed by atoms with Crippen LogP contribution in [-0.2, 0) is 16.0 Å². The molecule has 1 saturated heterocycles. The zero-order valence-electron chi connectivity index (χ0n) is 20.7. The van der Waals surface area contributed by atoms with Gasteiger partial charge in [-0.3, -0.25) is 4.79 Å². The Bertz CT molecular complexity index is 1290. The number of nitrogens with one attached hydrogen (secondary N) is 2. The van der Waals surface area contributed by atoms with E-state index in [9.17, 15) is 14.9 Å². The highest BCUT2D eigenvalue weighted by molar-refractivity contribution is 5.89. The van der Waals surface area contributed by atoms with Crippen LogP contribution in [0.2, 0.25) is 0 Å². The maximum absolute atomic E-state index is 13.5. The Morgan fingerprint density at radius 2 is 1.94 bits per heavy atom. The van der Waals surface area contributed by atoms with E-state index in [2.05, 4.69) is 16.4 Å². The number of alkyl carbamates (subject to hydrolysis) is 1. The van der Waals surface area contributed by atoms with Crippen LogP contribution in [0.3, 0.4) is 0 Å². The number of nitrogens with two attached hydrogens (primary N) is 1. The summed E-state index contributed by atoms with van der Waals surface area (Å²) in [5.41, 5.74) is 7.39. The average molecular weight is 490 g/mol. The maximum atomic E-state index is 13.5. The summed E-state index contributed by atoms with van der Waals surface area (Å²) in [5, 5.41) is 13.1. The number of nitrogen functional groups attached to an aromatic ring is 1.